The maximum atomic E-state index is 13.1. The monoisotopic (exact) mass is 413 g/mol. The van der Waals surface area contributed by atoms with Gasteiger partial charge >= 0.3 is 0 Å². The topological polar surface area (TPSA) is 38.5 Å². The Balaban J connectivity index is 1.47. The molecule has 8 heteroatoms. The Morgan fingerprint density at radius 1 is 1.03 bits per heavy atom. The lowest BCUT2D eigenvalue weighted by atomic mass is 10.2. The van der Waals surface area contributed by atoms with Crippen LogP contribution in [0.4, 0.5) is 10.1 Å². The Bertz CT molecular complexity index is 1040. The molecule has 3 aromatic rings. The number of halogens is 1. The molecule has 0 N–H and O–H groups in total. The van der Waals surface area contributed by atoms with Gasteiger partial charge in [-0.3, -0.25) is 4.90 Å². The summed E-state index contributed by atoms with van der Waals surface area (Å²) in [6, 6.07) is 14.5. The van der Waals surface area contributed by atoms with Gasteiger partial charge in [-0.15, -0.1) is 0 Å². The molecule has 29 heavy (non-hydrogen) atoms. The van der Waals surface area contributed by atoms with Gasteiger partial charge in [0, 0.05) is 38.9 Å². The summed E-state index contributed by atoms with van der Waals surface area (Å²) in [6.45, 7) is 4.18. The number of methoxy groups -OCH3 is 1. The third-order valence-electron chi connectivity index (χ3n) is 5.29. The minimum Gasteiger partial charge on any atom is -0.496 e. The van der Waals surface area contributed by atoms with Crippen molar-refractivity contribution in [3.8, 4) is 17.1 Å². The second kappa shape index (κ2) is 8.34. The van der Waals surface area contributed by atoms with Crippen LogP contribution in [0.5, 0.6) is 5.75 Å². The molecule has 1 aliphatic rings. The molecule has 0 aliphatic carbocycles. The molecular formula is C21H24FN5OS. The number of aromatic nitrogens is 3. The van der Waals surface area contributed by atoms with Crippen molar-refractivity contribution >= 4 is 17.9 Å². The number of piperazine rings is 1. The average molecular weight is 414 g/mol. The lowest BCUT2D eigenvalue weighted by molar-refractivity contribution is 0.194. The van der Waals surface area contributed by atoms with E-state index in [9.17, 15) is 4.39 Å². The van der Waals surface area contributed by atoms with Crippen molar-refractivity contribution in [2.24, 2.45) is 7.05 Å². The molecule has 152 valence electrons. The SMILES string of the molecule is COc1ccccc1-c1nn(CN2CCN(c3ccc(F)cc3)CC2)c(=S)n1C. The molecule has 2 aromatic carbocycles. The summed E-state index contributed by atoms with van der Waals surface area (Å²) in [4.78, 5) is 4.60. The van der Waals surface area contributed by atoms with Crippen molar-refractivity contribution in [1.29, 1.82) is 0 Å². The van der Waals surface area contributed by atoms with E-state index < -0.39 is 0 Å². The first-order valence-electron chi connectivity index (χ1n) is 9.57. The van der Waals surface area contributed by atoms with Crippen molar-refractivity contribution < 1.29 is 9.13 Å². The van der Waals surface area contributed by atoms with E-state index in [-0.39, 0.29) is 5.82 Å². The highest BCUT2D eigenvalue weighted by Crippen LogP contribution is 2.28. The molecule has 1 saturated heterocycles. The zero-order valence-corrected chi connectivity index (χ0v) is 17.4. The van der Waals surface area contributed by atoms with Gasteiger partial charge in [-0.1, -0.05) is 12.1 Å². The minimum absolute atomic E-state index is 0.206. The van der Waals surface area contributed by atoms with E-state index >= 15 is 0 Å². The largest absolute Gasteiger partial charge is 0.496 e. The first-order chi connectivity index (χ1) is 14.1. The Labute approximate surface area is 174 Å². The molecular weight excluding hydrogens is 389 g/mol. The summed E-state index contributed by atoms with van der Waals surface area (Å²) in [7, 11) is 3.59. The number of nitrogens with zero attached hydrogens (tertiary/aromatic N) is 5. The molecule has 0 bridgehead atoms. The first kappa shape index (κ1) is 19.6. The quantitative estimate of drug-likeness (QED) is 0.598. The summed E-state index contributed by atoms with van der Waals surface area (Å²) in [5.74, 6) is 1.36. The van der Waals surface area contributed by atoms with Crippen LogP contribution < -0.4 is 9.64 Å². The predicted octanol–water partition coefficient (Wildman–Crippen LogP) is 3.55. The fourth-order valence-corrected chi connectivity index (χ4v) is 3.82. The Hall–Kier alpha value is -2.71. The number of benzene rings is 2. The van der Waals surface area contributed by atoms with Gasteiger partial charge in [-0.2, -0.15) is 5.10 Å². The fourth-order valence-electron chi connectivity index (χ4n) is 3.63. The second-order valence-electron chi connectivity index (χ2n) is 7.09. The van der Waals surface area contributed by atoms with E-state index in [2.05, 4.69) is 9.80 Å². The molecule has 0 amide bonds. The van der Waals surface area contributed by atoms with Gasteiger partial charge in [0.25, 0.3) is 0 Å². The lowest BCUT2D eigenvalue weighted by Crippen LogP contribution is -2.47. The maximum absolute atomic E-state index is 13.1. The van der Waals surface area contributed by atoms with E-state index in [1.807, 2.05) is 52.7 Å². The Kier molecular flexibility index (Phi) is 5.64. The van der Waals surface area contributed by atoms with E-state index in [0.29, 0.717) is 11.4 Å². The zero-order chi connectivity index (χ0) is 20.4. The highest BCUT2D eigenvalue weighted by Gasteiger charge is 2.20. The number of rotatable bonds is 5. The highest BCUT2D eigenvalue weighted by molar-refractivity contribution is 7.71. The second-order valence-corrected chi connectivity index (χ2v) is 7.45. The number of hydrogen-bond donors (Lipinski definition) is 0. The van der Waals surface area contributed by atoms with Gasteiger partial charge in [0.05, 0.1) is 19.3 Å². The van der Waals surface area contributed by atoms with Crippen molar-refractivity contribution in [1.82, 2.24) is 19.2 Å². The molecule has 4 rings (SSSR count). The average Bonchev–Trinajstić information content (AvgIpc) is 3.03. The van der Waals surface area contributed by atoms with Crippen molar-refractivity contribution in [3.63, 3.8) is 0 Å². The Morgan fingerprint density at radius 3 is 2.41 bits per heavy atom. The number of anilines is 1. The molecule has 1 aliphatic heterocycles. The molecule has 0 saturated carbocycles. The summed E-state index contributed by atoms with van der Waals surface area (Å²) in [6.07, 6.45) is 0. The van der Waals surface area contributed by atoms with E-state index in [0.717, 1.165) is 49.0 Å². The van der Waals surface area contributed by atoms with Crippen molar-refractivity contribution in [2.45, 2.75) is 6.67 Å². The molecule has 0 atom stereocenters. The van der Waals surface area contributed by atoms with Crippen LogP contribution in [0.25, 0.3) is 11.4 Å². The van der Waals surface area contributed by atoms with Gasteiger partial charge in [-0.25, -0.2) is 9.07 Å². The summed E-state index contributed by atoms with van der Waals surface area (Å²) in [5.41, 5.74) is 1.97. The molecule has 0 unspecified atom stereocenters. The molecule has 1 aromatic heterocycles. The van der Waals surface area contributed by atoms with Gasteiger partial charge in [0.15, 0.2) is 10.6 Å². The first-order valence-corrected chi connectivity index (χ1v) is 9.98. The number of para-hydroxylation sites is 1. The fraction of sp³-hybridized carbons (Fsp3) is 0.333. The molecule has 0 spiro atoms. The van der Waals surface area contributed by atoms with Gasteiger partial charge < -0.3 is 14.2 Å². The van der Waals surface area contributed by atoms with Crippen LogP contribution in [0.3, 0.4) is 0 Å². The standard InChI is InChI=1S/C21H24FN5OS/c1-24-20(18-5-3-4-6-19(18)28-2)23-27(21(24)29)15-25-11-13-26(14-12-25)17-9-7-16(22)8-10-17/h3-10H,11-15H2,1-2H3. The van der Waals surface area contributed by atoms with E-state index in [4.69, 9.17) is 22.1 Å². The molecule has 2 heterocycles. The number of ether oxygens (including phenoxy) is 1. The summed E-state index contributed by atoms with van der Waals surface area (Å²) >= 11 is 5.62. The Morgan fingerprint density at radius 2 is 1.72 bits per heavy atom. The third kappa shape index (κ3) is 4.04. The highest BCUT2D eigenvalue weighted by atomic mass is 32.1. The third-order valence-corrected chi connectivity index (χ3v) is 5.77. The van der Waals surface area contributed by atoms with E-state index in [1.54, 1.807) is 7.11 Å². The smallest absolute Gasteiger partial charge is 0.199 e. The maximum Gasteiger partial charge on any atom is 0.199 e. The van der Waals surface area contributed by atoms with Crippen LogP contribution in [-0.4, -0.2) is 52.5 Å². The van der Waals surface area contributed by atoms with Crippen LogP contribution in [0.15, 0.2) is 48.5 Å². The van der Waals surface area contributed by atoms with Crippen LogP contribution in [0.2, 0.25) is 0 Å². The summed E-state index contributed by atoms with van der Waals surface area (Å²) in [5, 5.41) is 4.77. The molecule has 0 radical (unpaired) electrons. The number of hydrogen-bond acceptors (Lipinski definition) is 5. The minimum atomic E-state index is -0.206. The van der Waals surface area contributed by atoms with Crippen LogP contribution in [0, 0.1) is 10.6 Å². The van der Waals surface area contributed by atoms with Crippen LogP contribution >= 0.6 is 12.2 Å². The summed E-state index contributed by atoms with van der Waals surface area (Å²) < 4.78 is 23.1. The van der Waals surface area contributed by atoms with Crippen molar-refractivity contribution in [2.75, 3.05) is 38.2 Å². The van der Waals surface area contributed by atoms with E-state index in [1.165, 1.54) is 12.1 Å². The van der Waals surface area contributed by atoms with Crippen molar-refractivity contribution in [3.05, 3.63) is 59.1 Å². The molecule has 6 nitrogen and oxygen atoms in total. The predicted molar refractivity (Wildman–Crippen MR) is 114 cm³/mol. The van der Waals surface area contributed by atoms with Gasteiger partial charge in [0.2, 0.25) is 0 Å². The van der Waals surface area contributed by atoms with Crippen LogP contribution in [0.1, 0.15) is 0 Å². The lowest BCUT2D eigenvalue weighted by Gasteiger charge is -2.35. The zero-order valence-electron chi connectivity index (χ0n) is 16.6. The van der Waals surface area contributed by atoms with Crippen LogP contribution in [-0.2, 0) is 13.7 Å². The van der Waals surface area contributed by atoms with Gasteiger partial charge in [-0.05, 0) is 48.6 Å². The normalized spacial score (nSPS) is 14.9. The van der Waals surface area contributed by atoms with Gasteiger partial charge in [0.1, 0.15) is 11.6 Å². The molecule has 1 fully saturated rings.